The summed E-state index contributed by atoms with van der Waals surface area (Å²) in [5.74, 6) is -0.472. The van der Waals surface area contributed by atoms with Crippen LogP contribution in [0.1, 0.15) is 47.5 Å². The molecule has 0 bridgehead atoms. The highest BCUT2D eigenvalue weighted by molar-refractivity contribution is 7.12. The molecule has 1 aromatic heterocycles. The fraction of sp³-hybridized carbons (Fsp3) is 0.455. The Balaban J connectivity index is 1.81. The Morgan fingerprint density at radius 1 is 1.32 bits per heavy atom. The maximum Gasteiger partial charge on any atom is 0.313 e. The van der Waals surface area contributed by atoms with Gasteiger partial charge in [-0.05, 0) is 68.3 Å². The molecule has 28 heavy (non-hydrogen) atoms. The lowest BCUT2D eigenvalue weighted by molar-refractivity contribution is -0.159. The molecule has 0 N–H and O–H groups in total. The van der Waals surface area contributed by atoms with Crippen LogP contribution < -0.4 is 0 Å². The zero-order chi connectivity index (χ0) is 20.1. The first-order chi connectivity index (χ1) is 13.4. The van der Waals surface area contributed by atoms with Crippen LogP contribution in [-0.4, -0.2) is 36.3 Å². The molecule has 0 spiro atoms. The number of ether oxygens (including phenoxy) is 1. The molecule has 4 nitrogen and oxygen atoms in total. The van der Waals surface area contributed by atoms with Crippen molar-refractivity contribution in [2.24, 2.45) is 5.41 Å². The Kier molecular flexibility index (Phi) is 6.62. The highest BCUT2D eigenvalue weighted by Crippen LogP contribution is 2.36. The molecule has 2 aromatic rings. The number of hydrogen-bond acceptors (Lipinski definition) is 5. The van der Waals surface area contributed by atoms with Crippen LogP contribution in [0.3, 0.4) is 0 Å². The molecule has 1 saturated heterocycles. The maximum absolute atomic E-state index is 14.3. The molecule has 0 saturated carbocycles. The topological polar surface area (TPSA) is 46.6 Å². The number of rotatable bonds is 7. The normalized spacial score (nSPS) is 20.1. The number of esters is 1. The average molecular weight is 404 g/mol. The molecule has 3 rings (SSSR count). The summed E-state index contributed by atoms with van der Waals surface area (Å²) in [6, 6.07) is 8.56. The summed E-state index contributed by atoms with van der Waals surface area (Å²) in [6.45, 7) is 5.72. The molecule has 1 aliphatic heterocycles. The molecule has 1 aliphatic rings. The Bertz CT molecular complexity index is 850. The van der Waals surface area contributed by atoms with Crippen LogP contribution >= 0.6 is 11.3 Å². The van der Waals surface area contributed by atoms with Crippen LogP contribution in [0.5, 0.6) is 0 Å². The third kappa shape index (κ3) is 4.67. The summed E-state index contributed by atoms with van der Waals surface area (Å²) < 4.78 is 19.7. The van der Waals surface area contributed by atoms with Crippen molar-refractivity contribution >= 4 is 23.1 Å². The second kappa shape index (κ2) is 8.97. The van der Waals surface area contributed by atoms with Crippen molar-refractivity contribution in [3.63, 3.8) is 0 Å². The molecule has 2 heterocycles. The van der Waals surface area contributed by atoms with Gasteiger partial charge < -0.3 is 4.74 Å². The molecule has 6 heteroatoms. The summed E-state index contributed by atoms with van der Waals surface area (Å²) in [4.78, 5) is 27.4. The molecule has 1 aromatic carbocycles. The molecule has 1 unspecified atom stereocenters. The summed E-state index contributed by atoms with van der Waals surface area (Å²) in [5.41, 5.74) is 0.864. The molecule has 0 amide bonds. The van der Waals surface area contributed by atoms with Crippen molar-refractivity contribution in [1.29, 1.82) is 0 Å². The van der Waals surface area contributed by atoms with Gasteiger partial charge in [0.05, 0.1) is 16.9 Å². The van der Waals surface area contributed by atoms with E-state index in [1.165, 1.54) is 17.4 Å². The standard InChI is InChI=1S/C22H26FNO3S/c1-3-27-21(26)22(12-18-7-4-5-8-19(18)23)9-6-10-24(15-22)13-17-11-20(16(2)25)28-14-17/h4-5,7-8,11,14H,3,6,9-10,12-13,15H2,1-2H3. The number of nitrogens with zero attached hydrogens (tertiary/aromatic N) is 1. The van der Waals surface area contributed by atoms with Crippen LogP contribution in [0.15, 0.2) is 35.7 Å². The van der Waals surface area contributed by atoms with Gasteiger partial charge in [0.1, 0.15) is 5.82 Å². The summed E-state index contributed by atoms with van der Waals surface area (Å²) in [5, 5.41) is 1.99. The third-order valence-corrected chi connectivity index (χ3v) is 6.34. The van der Waals surface area contributed by atoms with Crippen LogP contribution in [0.2, 0.25) is 0 Å². The number of likely N-dealkylation sites (tertiary alicyclic amines) is 1. The van der Waals surface area contributed by atoms with Gasteiger partial charge >= 0.3 is 5.97 Å². The van der Waals surface area contributed by atoms with Crippen LogP contribution in [0.25, 0.3) is 0 Å². The SMILES string of the molecule is CCOC(=O)C1(Cc2ccccc2F)CCCN(Cc2csc(C(C)=O)c2)C1. The van der Waals surface area contributed by atoms with E-state index in [1.807, 2.05) is 11.4 Å². The lowest BCUT2D eigenvalue weighted by Crippen LogP contribution is -2.49. The van der Waals surface area contributed by atoms with Gasteiger partial charge in [0.2, 0.25) is 0 Å². The number of benzene rings is 1. The number of thiophene rings is 1. The van der Waals surface area contributed by atoms with Gasteiger partial charge in [-0.2, -0.15) is 0 Å². The first kappa shape index (κ1) is 20.7. The van der Waals surface area contributed by atoms with E-state index in [1.54, 1.807) is 32.0 Å². The third-order valence-electron chi connectivity index (χ3n) is 5.26. The molecule has 1 fully saturated rings. The Hall–Kier alpha value is -2.05. The smallest absolute Gasteiger partial charge is 0.313 e. The number of piperidine rings is 1. The van der Waals surface area contributed by atoms with Crippen LogP contribution in [0.4, 0.5) is 4.39 Å². The quantitative estimate of drug-likeness (QED) is 0.505. The highest BCUT2D eigenvalue weighted by Gasteiger charge is 2.44. The van der Waals surface area contributed by atoms with Crippen molar-refractivity contribution in [1.82, 2.24) is 4.90 Å². The number of carbonyl (C=O) groups is 2. The largest absolute Gasteiger partial charge is 0.466 e. The average Bonchev–Trinajstić information content (AvgIpc) is 3.13. The van der Waals surface area contributed by atoms with Crippen molar-refractivity contribution in [3.05, 3.63) is 57.5 Å². The van der Waals surface area contributed by atoms with Gasteiger partial charge in [0, 0.05) is 13.1 Å². The van der Waals surface area contributed by atoms with Gasteiger partial charge in [0.15, 0.2) is 5.78 Å². The number of ketones is 1. The van der Waals surface area contributed by atoms with E-state index >= 15 is 0 Å². The van der Waals surface area contributed by atoms with Gasteiger partial charge in [-0.3, -0.25) is 14.5 Å². The van der Waals surface area contributed by atoms with Crippen molar-refractivity contribution in [2.45, 2.75) is 39.7 Å². The maximum atomic E-state index is 14.3. The minimum atomic E-state index is -0.754. The van der Waals surface area contributed by atoms with E-state index in [4.69, 9.17) is 4.74 Å². The highest BCUT2D eigenvalue weighted by atomic mass is 32.1. The fourth-order valence-electron chi connectivity index (χ4n) is 3.94. The monoisotopic (exact) mass is 403 g/mol. The van der Waals surface area contributed by atoms with Gasteiger partial charge in [-0.15, -0.1) is 11.3 Å². The predicted molar refractivity (Wildman–Crippen MR) is 108 cm³/mol. The first-order valence-electron chi connectivity index (χ1n) is 9.65. The Morgan fingerprint density at radius 3 is 2.79 bits per heavy atom. The molecule has 150 valence electrons. The van der Waals surface area contributed by atoms with Crippen molar-refractivity contribution in [2.75, 3.05) is 19.7 Å². The number of hydrogen-bond donors (Lipinski definition) is 0. The molecule has 0 radical (unpaired) electrons. The Labute approximate surface area is 169 Å². The van der Waals surface area contributed by atoms with Crippen LogP contribution in [-0.2, 0) is 22.5 Å². The first-order valence-corrected chi connectivity index (χ1v) is 10.5. The van der Waals surface area contributed by atoms with E-state index < -0.39 is 5.41 Å². The van der Waals surface area contributed by atoms with Crippen molar-refractivity contribution < 1.29 is 18.7 Å². The van der Waals surface area contributed by atoms with E-state index in [9.17, 15) is 14.0 Å². The summed E-state index contributed by atoms with van der Waals surface area (Å²) in [7, 11) is 0. The van der Waals surface area contributed by atoms with Crippen molar-refractivity contribution in [3.8, 4) is 0 Å². The van der Waals surface area contributed by atoms with Crippen LogP contribution in [0, 0.1) is 11.2 Å². The van der Waals surface area contributed by atoms with E-state index in [-0.39, 0.29) is 17.6 Å². The molecular weight excluding hydrogens is 377 g/mol. The lowest BCUT2D eigenvalue weighted by Gasteiger charge is -2.41. The molecule has 0 aliphatic carbocycles. The number of halogens is 1. The zero-order valence-electron chi connectivity index (χ0n) is 16.4. The predicted octanol–water partition coefficient (Wildman–Crippen LogP) is 4.48. The zero-order valence-corrected chi connectivity index (χ0v) is 17.2. The second-order valence-electron chi connectivity index (χ2n) is 7.46. The number of carbonyl (C=O) groups excluding carboxylic acids is 2. The lowest BCUT2D eigenvalue weighted by atomic mass is 9.75. The second-order valence-corrected chi connectivity index (χ2v) is 8.37. The van der Waals surface area contributed by atoms with E-state index in [2.05, 4.69) is 4.90 Å². The molecular formula is C22H26FNO3S. The van der Waals surface area contributed by atoms with Gasteiger partial charge in [-0.1, -0.05) is 18.2 Å². The summed E-state index contributed by atoms with van der Waals surface area (Å²) in [6.07, 6.45) is 1.85. The minimum absolute atomic E-state index is 0.0651. The van der Waals surface area contributed by atoms with E-state index in [0.717, 1.165) is 23.4 Å². The molecule has 1 atom stereocenters. The fourth-order valence-corrected chi connectivity index (χ4v) is 4.74. The minimum Gasteiger partial charge on any atom is -0.466 e. The number of Topliss-reactive ketones (excluding diaryl/α,β-unsaturated/α-hetero) is 1. The summed E-state index contributed by atoms with van der Waals surface area (Å²) >= 11 is 1.45. The Morgan fingerprint density at radius 2 is 2.11 bits per heavy atom. The van der Waals surface area contributed by atoms with Gasteiger partial charge in [0.25, 0.3) is 0 Å². The van der Waals surface area contributed by atoms with Gasteiger partial charge in [-0.25, -0.2) is 4.39 Å². The van der Waals surface area contributed by atoms with E-state index in [0.29, 0.717) is 38.1 Å².